The molecule has 0 unspecified atom stereocenters. The van der Waals surface area contributed by atoms with E-state index in [2.05, 4.69) is 20.7 Å². The van der Waals surface area contributed by atoms with Gasteiger partial charge in [-0.15, -0.1) is 0 Å². The van der Waals surface area contributed by atoms with Crippen LogP contribution in [0.2, 0.25) is 0 Å². The number of unbranched alkanes of at least 4 members (excludes halogenated alkanes) is 1. The van der Waals surface area contributed by atoms with E-state index in [0.29, 0.717) is 19.6 Å². The van der Waals surface area contributed by atoms with Crippen molar-refractivity contribution in [2.75, 3.05) is 20.3 Å². The monoisotopic (exact) mass is 339 g/mol. The normalized spacial score (nSPS) is 11.7. The second-order valence-corrected chi connectivity index (χ2v) is 6.29. The van der Waals surface area contributed by atoms with Gasteiger partial charge in [0.15, 0.2) is 0 Å². The van der Waals surface area contributed by atoms with Crippen molar-refractivity contribution in [2.24, 2.45) is 0 Å². The highest BCUT2D eigenvalue weighted by Crippen LogP contribution is 2.19. The van der Waals surface area contributed by atoms with E-state index in [0.717, 1.165) is 12.5 Å². The summed E-state index contributed by atoms with van der Waals surface area (Å²) in [6.45, 7) is 0.935. The largest absolute Gasteiger partial charge is 0.385 e. The van der Waals surface area contributed by atoms with Gasteiger partial charge in [-0.3, -0.25) is 0 Å². The van der Waals surface area contributed by atoms with Crippen molar-refractivity contribution in [1.82, 2.24) is 4.72 Å². The standard InChI is InChI=1S/C11H15BrFNO3S/c1-17-7-3-2-6-14-18(15,16)9-4-5-11(13)10(12)8-9/h4-5,8,14H,2-3,6-7H2,1H3. The Morgan fingerprint density at radius 1 is 1.39 bits per heavy atom. The van der Waals surface area contributed by atoms with Gasteiger partial charge in [0.05, 0.1) is 9.37 Å². The molecule has 4 nitrogen and oxygen atoms in total. The van der Waals surface area contributed by atoms with Crippen LogP contribution in [0.4, 0.5) is 4.39 Å². The number of nitrogens with one attached hydrogen (secondary N) is 1. The molecule has 0 heterocycles. The molecule has 0 saturated heterocycles. The lowest BCUT2D eigenvalue weighted by Crippen LogP contribution is -2.25. The second-order valence-electron chi connectivity index (χ2n) is 3.67. The third kappa shape index (κ3) is 4.64. The lowest BCUT2D eigenvalue weighted by molar-refractivity contribution is 0.193. The number of methoxy groups -OCH3 is 1. The number of hydrogen-bond donors (Lipinski definition) is 1. The summed E-state index contributed by atoms with van der Waals surface area (Å²) in [5, 5.41) is 0. The summed E-state index contributed by atoms with van der Waals surface area (Å²) in [5.74, 6) is -0.492. The SMILES string of the molecule is COCCCCNS(=O)(=O)c1ccc(F)c(Br)c1. The van der Waals surface area contributed by atoms with Gasteiger partial charge >= 0.3 is 0 Å². The van der Waals surface area contributed by atoms with Crippen molar-refractivity contribution in [3.63, 3.8) is 0 Å². The van der Waals surface area contributed by atoms with Gasteiger partial charge in [0, 0.05) is 20.3 Å². The van der Waals surface area contributed by atoms with Gasteiger partial charge in [0.25, 0.3) is 0 Å². The van der Waals surface area contributed by atoms with Gasteiger partial charge in [-0.05, 0) is 47.0 Å². The molecule has 7 heteroatoms. The molecule has 0 aromatic heterocycles. The number of hydrogen-bond acceptors (Lipinski definition) is 3. The maximum atomic E-state index is 13.0. The van der Waals surface area contributed by atoms with E-state index in [1.807, 2.05) is 0 Å². The van der Waals surface area contributed by atoms with Gasteiger partial charge in [-0.1, -0.05) is 0 Å². The van der Waals surface area contributed by atoms with Crippen molar-refractivity contribution in [1.29, 1.82) is 0 Å². The summed E-state index contributed by atoms with van der Waals surface area (Å²) >= 11 is 2.96. The highest BCUT2D eigenvalue weighted by molar-refractivity contribution is 9.10. The van der Waals surface area contributed by atoms with Crippen LogP contribution in [0.25, 0.3) is 0 Å². The summed E-state index contributed by atoms with van der Waals surface area (Å²) in [6.07, 6.45) is 1.47. The Kier molecular flexibility index (Phi) is 6.20. The molecule has 0 spiro atoms. The first-order valence-electron chi connectivity index (χ1n) is 5.41. The number of sulfonamides is 1. The van der Waals surface area contributed by atoms with E-state index >= 15 is 0 Å². The zero-order valence-electron chi connectivity index (χ0n) is 9.95. The van der Waals surface area contributed by atoms with Crippen LogP contribution in [0, 0.1) is 5.82 Å². The summed E-state index contributed by atoms with van der Waals surface area (Å²) in [6, 6.07) is 3.59. The van der Waals surface area contributed by atoms with Crippen molar-refractivity contribution in [3.8, 4) is 0 Å². The zero-order chi connectivity index (χ0) is 13.6. The highest BCUT2D eigenvalue weighted by Gasteiger charge is 2.14. The number of rotatable bonds is 7. The molecule has 0 saturated carbocycles. The molecule has 1 aromatic carbocycles. The summed E-state index contributed by atoms with van der Waals surface area (Å²) in [7, 11) is -1.98. The van der Waals surface area contributed by atoms with Crippen LogP contribution in [0.5, 0.6) is 0 Å². The Bertz CT molecular complexity index is 493. The second kappa shape index (κ2) is 7.18. The summed E-state index contributed by atoms with van der Waals surface area (Å²) in [4.78, 5) is 0.0440. The minimum absolute atomic E-state index is 0.0440. The van der Waals surface area contributed by atoms with Gasteiger partial charge < -0.3 is 4.74 Å². The van der Waals surface area contributed by atoms with Gasteiger partial charge in [0.2, 0.25) is 10.0 Å². The molecule has 0 aliphatic carbocycles. The van der Waals surface area contributed by atoms with E-state index < -0.39 is 15.8 Å². The Labute approximate surface area is 115 Å². The fourth-order valence-electron chi connectivity index (χ4n) is 1.31. The van der Waals surface area contributed by atoms with E-state index in [1.54, 1.807) is 7.11 Å². The van der Waals surface area contributed by atoms with Crippen LogP contribution in [-0.2, 0) is 14.8 Å². The van der Waals surface area contributed by atoms with Crippen LogP contribution in [0.15, 0.2) is 27.6 Å². The Morgan fingerprint density at radius 3 is 2.72 bits per heavy atom. The molecule has 0 radical (unpaired) electrons. The minimum Gasteiger partial charge on any atom is -0.385 e. The molecule has 0 aliphatic rings. The van der Waals surface area contributed by atoms with E-state index in [9.17, 15) is 12.8 Å². The topological polar surface area (TPSA) is 55.4 Å². The number of halogens is 2. The third-order valence-corrected chi connectivity index (χ3v) is 4.34. The summed E-state index contributed by atoms with van der Waals surface area (Å²) in [5.41, 5.74) is 0. The molecule has 0 aliphatic heterocycles. The van der Waals surface area contributed by atoms with E-state index in [1.165, 1.54) is 12.1 Å². The highest BCUT2D eigenvalue weighted by atomic mass is 79.9. The van der Waals surface area contributed by atoms with Crippen LogP contribution in [-0.4, -0.2) is 28.7 Å². The maximum absolute atomic E-state index is 13.0. The molecular weight excluding hydrogens is 325 g/mol. The molecule has 18 heavy (non-hydrogen) atoms. The molecule has 102 valence electrons. The average Bonchev–Trinajstić information content (AvgIpc) is 2.32. The smallest absolute Gasteiger partial charge is 0.240 e. The van der Waals surface area contributed by atoms with Crippen LogP contribution >= 0.6 is 15.9 Å². The van der Waals surface area contributed by atoms with Crippen molar-refractivity contribution in [3.05, 3.63) is 28.5 Å². The van der Waals surface area contributed by atoms with Crippen LogP contribution in [0.3, 0.4) is 0 Å². The lowest BCUT2D eigenvalue weighted by Gasteiger charge is -2.07. The fraction of sp³-hybridized carbons (Fsp3) is 0.455. The average molecular weight is 340 g/mol. The minimum atomic E-state index is -3.57. The predicted octanol–water partition coefficient (Wildman–Crippen LogP) is 2.29. The van der Waals surface area contributed by atoms with Gasteiger partial charge in [-0.2, -0.15) is 0 Å². The first kappa shape index (κ1) is 15.6. The molecule has 1 N–H and O–H groups in total. The molecule has 0 bridgehead atoms. The molecule has 0 amide bonds. The Hall–Kier alpha value is -0.500. The first-order chi connectivity index (χ1) is 8.47. The zero-order valence-corrected chi connectivity index (χ0v) is 12.4. The maximum Gasteiger partial charge on any atom is 0.240 e. The van der Waals surface area contributed by atoms with Crippen molar-refractivity contribution >= 4 is 26.0 Å². The summed E-state index contributed by atoms with van der Waals surface area (Å²) < 4.78 is 44.1. The van der Waals surface area contributed by atoms with Crippen LogP contribution in [0.1, 0.15) is 12.8 Å². The van der Waals surface area contributed by atoms with Gasteiger partial charge in [0.1, 0.15) is 5.82 Å². The molecule has 1 aromatic rings. The van der Waals surface area contributed by atoms with E-state index in [4.69, 9.17) is 4.74 Å². The Balaban J connectivity index is 2.60. The van der Waals surface area contributed by atoms with Crippen molar-refractivity contribution in [2.45, 2.75) is 17.7 Å². The quantitative estimate of drug-likeness (QED) is 0.775. The number of benzene rings is 1. The molecule has 0 atom stereocenters. The van der Waals surface area contributed by atoms with Crippen LogP contribution < -0.4 is 4.72 Å². The Morgan fingerprint density at radius 2 is 2.11 bits per heavy atom. The molecule has 1 rings (SSSR count). The lowest BCUT2D eigenvalue weighted by atomic mass is 10.3. The van der Waals surface area contributed by atoms with E-state index in [-0.39, 0.29) is 9.37 Å². The predicted molar refractivity (Wildman–Crippen MR) is 70.4 cm³/mol. The van der Waals surface area contributed by atoms with Gasteiger partial charge in [-0.25, -0.2) is 17.5 Å². The van der Waals surface area contributed by atoms with Crippen molar-refractivity contribution < 1.29 is 17.5 Å². The molecular formula is C11H15BrFNO3S. The third-order valence-electron chi connectivity index (χ3n) is 2.27. The first-order valence-corrected chi connectivity index (χ1v) is 7.68. The molecule has 0 fully saturated rings. The fourth-order valence-corrected chi connectivity index (χ4v) is 2.94. The number of ether oxygens (including phenoxy) is 1.